The van der Waals surface area contributed by atoms with Crippen LogP contribution in [0.1, 0.15) is 26.3 Å². The van der Waals surface area contributed by atoms with Crippen LogP contribution >= 0.6 is 0 Å². The number of nitrogens with one attached hydrogen (secondary N) is 1. The van der Waals surface area contributed by atoms with Crippen molar-refractivity contribution < 1.29 is 9.53 Å². The van der Waals surface area contributed by atoms with Gasteiger partial charge in [0.2, 0.25) is 0 Å². The second kappa shape index (κ2) is 5.93. The van der Waals surface area contributed by atoms with Gasteiger partial charge in [-0.2, -0.15) is 0 Å². The molecule has 0 unspecified atom stereocenters. The highest BCUT2D eigenvalue weighted by Crippen LogP contribution is 2.19. The van der Waals surface area contributed by atoms with Crippen LogP contribution in [0, 0.1) is 0 Å². The Morgan fingerprint density at radius 3 is 2.72 bits per heavy atom. The maximum atomic E-state index is 11.5. The first kappa shape index (κ1) is 13.9. The molecule has 0 aromatic heterocycles. The van der Waals surface area contributed by atoms with Gasteiger partial charge in [0.25, 0.3) is 0 Å². The van der Waals surface area contributed by atoms with Crippen LogP contribution in [-0.4, -0.2) is 11.6 Å². The van der Waals surface area contributed by atoms with Crippen molar-refractivity contribution in [1.82, 2.24) is 5.32 Å². The molecule has 0 heterocycles. The van der Waals surface area contributed by atoms with Crippen LogP contribution in [0.5, 0.6) is 0 Å². The maximum Gasteiger partial charge on any atom is 0.407 e. The average molecular weight is 248 g/mol. The first-order valence-corrected chi connectivity index (χ1v) is 5.50. The van der Waals surface area contributed by atoms with Gasteiger partial charge < -0.3 is 10.1 Å². The molecule has 0 spiro atoms. The molecule has 0 aliphatic carbocycles. The van der Waals surface area contributed by atoms with Crippen molar-refractivity contribution in [2.75, 3.05) is 0 Å². The Bertz CT molecular complexity index is 473. The predicted octanol–water partition coefficient (Wildman–Crippen LogP) is 3.65. The van der Waals surface area contributed by atoms with E-state index in [-0.39, 0.29) is 12.1 Å². The predicted molar refractivity (Wildman–Crippen MR) is 68.3 cm³/mol. The number of ether oxygens (including phenoxy) is 1. The fourth-order valence-corrected chi connectivity index (χ4v) is 1.26. The van der Waals surface area contributed by atoms with Crippen LogP contribution in [-0.2, 0) is 11.3 Å². The van der Waals surface area contributed by atoms with Crippen molar-refractivity contribution in [1.29, 1.82) is 0 Å². The highest BCUT2D eigenvalue weighted by molar-refractivity contribution is 5.68. The molecule has 0 aliphatic heterocycles. The van der Waals surface area contributed by atoms with Gasteiger partial charge in [-0.25, -0.2) is 4.79 Å². The summed E-state index contributed by atoms with van der Waals surface area (Å²) in [6, 6.07) is 6.95. The van der Waals surface area contributed by atoms with E-state index < -0.39 is 6.09 Å². The van der Waals surface area contributed by atoms with Gasteiger partial charge in [0, 0.05) is 16.1 Å². The van der Waals surface area contributed by atoms with E-state index in [1.165, 1.54) is 0 Å². The third-order valence-electron chi connectivity index (χ3n) is 1.98. The van der Waals surface area contributed by atoms with Gasteiger partial charge in [-0.1, -0.05) is 29.4 Å². The lowest BCUT2D eigenvalue weighted by Gasteiger charge is -2.20. The molecule has 1 N–H and O–H groups in total. The van der Waals surface area contributed by atoms with Crippen LogP contribution in [0.25, 0.3) is 10.4 Å². The summed E-state index contributed by atoms with van der Waals surface area (Å²) in [4.78, 5) is 14.2. The zero-order valence-corrected chi connectivity index (χ0v) is 10.7. The Labute approximate surface area is 106 Å². The summed E-state index contributed by atoms with van der Waals surface area (Å²) in [6.07, 6.45) is -0.502. The summed E-state index contributed by atoms with van der Waals surface area (Å²) in [7, 11) is 0. The van der Waals surface area contributed by atoms with Crippen LogP contribution < -0.4 is 5.32 Å². The van der Waals surface area contributed by atoms with Crippen molar-refractivity contribution in [3.63, 3.8) is 0 Å². The van der Waals surface area contributed by atoms with Gasteiger partial charge in [-0.3, -0.25) is 0 Å². The second-order valence-corrected chi connectivity index (χ2v) is 4.77. The Morgan fingerprint density at radius 2 is 2.11 bits per heavy atom. The monoisotopic (exact) mass is 248 g/mol. The number of amides is 1. The minimum atomic E-state index is -0.502. The number of nitrogens with zero attached hydrogens (tertiary/aromatic N) is 3. The normalized spacial score (nSPS) is 10.4. The molecule has 0 saturated heterocycles. The molecule has 1 aromatic carbocycles. The smallest absolute Gasteiger partial charge is 0.407 e. The van der Waals surface area contributed by atoms with Crippen molar-refractivity contribution in [2.45, 2.75) is 32.9 Å². The Hall–Kier alpha value is -2.20. The molecule has 6 heteroatoms. The lowest BCUT2D eigenvalue weighted by Crippen LogP contribution is -2.40. The van der Waals surface area contributed by atoms with Crippen molar-refractivity contribution in [3.05, 3.63) is 40.3 Å². The van der Waals surface area contributed by atoms with Gasteiger partial charge in [0.05, 0.1) is 0 Å². The largest absolute Gasteiger partial charge is 0.445 e. The molecule has 0 fully saturated rings. The van der Waals surface area contributed by atoms with Crippen molar-refractivity contribution in [3.8, 4) is 0 Å². The van der Waals surface area contributed by atoms with Gasteiger partial charge in [-0.05, 0) is 31.9 Å². The van der Waals surface area contributed by atoms with Crippen LogP contribution in [0.2, 0.25) is 0 Å². The summed E-state index contributed by atoms with van der Waals surface area (Å²) in [6.45, 7) is 5.66. The number of azide groups is 1. The van der Waals surface area contributed by atoms with Crippen LogP contribution in [0.3, 0.4) is 0 Å². The first-order valence-electron chi connectivity index (χ1n) is 5.50. The van der Waals surface area contributed by atoms with Gasteiger partial charge >= 0.3 is 6.09 Å². The maximum absolute atomic E-state index is 11.5. The fraction of sp³-hybridized carbons (Fsp3) is 0.417. The molecule has 0 radical (unpaired) electrons. The molecule has 0 atom stereocenters. The Morgan fingerprint density at radius 1 is 1.44 bits per heavy atom. The Kier molecular flexibility index (Phi) is 4.57. The highest BCUT2D eigenvalue weighted by Gasteiger charge is 2.14. The topological polar surface area (TPSA) is 87.1 Å². The fourth-order valence-electron chi connectivity index (χ4n) is 1.26. The van der Waals surface area contributed by atoms with Gasteiger partial charge in [-0.15, -0.1) is 0 Å². The number of carbonyl (C=O) groups excluding carboxylic acids is 1. The van der Waals surface area contributed by atoms with Crippen LogP contribution in [0.4, 0.5) is 10.5 Å². The molecule has 0 bridgehead atoms. The minimum absolute atomic E-state index is 0.0666. The second-order valence-electron chi connectivity index (χ2n) is 4.77. The molecule has 1 rings (SSSR count). The molecular formula is C12H16N4O2. The molecule has 0 saturated carbocycles. The zero-order valence-electron chi connectivity index (χ0n) is 10.7. The number of hydrogen-bond acceptors (Lipinski definition) is 3. The first-order chi connectivity index (χ1) is 8.42. The lowest BCUT2D eigenvalue weighted by atomic mass is 10.1. The summed E-state index contributed by atoms with van der Waals surface area (Å²) >= 11 is 0. The van der Waals surface area contributed by atoms with E-state index in [1.807, 2.05) is 20.8 Å². The zero-order chi connectivity index (χ0) is 13.6. The van der Waals surface area contributed by atoms with Crippen molar-refractivity contribution >= 4 is 11.8 Å². The quantitative estimate of drug-likeness (QED) is 0.502. The molecule has 1 aromatic rings. The minimum Gasteiger partial charge on any atom is -0.445 e. The number of benzene rings is 1. The number of hydrogen-bond donors (Lipinski definition) is 1. The van der Waals surface area contributed by atoms with E-state index in [0.717, 1.165) is 0 Å². The highest BCUT2D eigenvalue weighted by atomic mass is 16.5. The molecule has 18 heavy (non-hydrogen) atoms. The summed E-state index contributed by atoms with van der Waals surface area (Å²) in [5.74, 6) is 0. The van der Waals surface area contributed by atoms with E-state index in [9.17, 15) is 4.79 Å². The van der Waals surface area contributed by atoms with E-state index in [2.05, 4.69) is 15.3 Å². The van der Waals surface area contributed by atoms with E-state index in [4.69, 9.17) is 10.3 Å². The van der Waals surface area contributed by atoms with Crippen LogP contribution in [0.15, 0.2) is 29.4 Å². The average Bonchev–Trinajstić information content (AvgIpc) is 2.26. The summed E-state index contributed by atoms with van der Waals surface area (Å²) < 4.78 is 5.06. The van der Waals surface area contributed by atoms with E-state index >= 15 is 0 Å². The number of carbonyl (C=O) groups is 1. The Balaban J connectivity index is 2.64. The summed E-state index contributed by atoms with van der Waals surface area (Å²) in [5, 5.41) is 6.20. The third kappa shape index (κ3) is 4.76. The van der Waals surface area contributed by atoms with E-state index in [1.54, 1.807) is 24.3 Å². The number of rotatable bonds is 3. The third-order valence-corrected chi connectivity index (χ3v) is 1.98. The molecule has 0 aliphatic rings. The van der Waals surface area contributed by atoms with Crippen molar-refractivity contribution in [2.24, 2.45) is 5.11 Å². The standard InChI is InChI=1S/C12H16N4O2/c1-12(2,3)14-11(17)18-8-9-6-4-5-7-10(9)15-16-13/h4-7H,8H2,1-3H3,(H,14,17). The van der Waals surface area contributed by atoms with Gasteiger partial charge in [0.1, 0.15) is 6.61 Å². The molecule has 6 nitrogen and oxygen atoms in total. The summed E-state index contributed by atoms with van der Waals surface area (Å²) in [5.41, 5.74) is 9.19. The van der Waals surface area contributed by atoms with E-state index in [0.29, 0.717) is 11.3 Å². The lowest BCUT2D eigenvalue weighted by molar-refractivity contribution is 0.131. The SMILES string of the molecule is CC(C)(C)NC(=O)OCc1ccccc1N=[N+]=[N-]. The molecule has 1 amide bonds. The molecular weight excluding hydrogens is 232 g/mol. The van der Waals surface area contributed by atoms with Gasteiger partial charge in [0.15, 0.2) is 0 Å². The molecule has 96 valence electrons. The number of alkyl carbamates (subject to hydrolysis) is 1.